The molecule has 0 aromatic heterocycles. The Labute approximate surface area is 152 Å². The number of amides is 1. The highest BCUT2D eigenvalue weighted by Gasteiger charge is 2.20. The molecule has 1 aliphatic heterocycles. The van der Waals surface area contributed by atoms with Crippen molar-refractivity contribution < 1.29 is 9.72 Å². The highest BCUT2D eigenvalue weighted by atomic mass is 16.6. The fraction of sp³-hybridized carbons (Fsp3) is 0.250. The summed E-state index contributed by atoms with van der Waals surface area (Å²) in [7, 11) is 0. The van der Waals surface area contributed by atoms with Gasteiger partial charge in [0.25, 0.3) is 5.69 Å². The van der Waals surface area contributed by atoms with Gasteiger partial charge in [0.15, 0.2) is 0 Å². The molecule has 0 atom stereocenters. The number of carbonyl (C=O) groups is 1. The Kier molecular flexibility index (Phi) is 5.43. The zero-order valence-corrected chi connectivity index (χ0v) is 14.6. The van der Waals surface area contributed by atoms with Crippen molar-refractivity contribution in [1.29, 1.82) is 0 Å². The van der Waals surface area contributed by atoms with Crippen molar-refractivity contribution in [3.8, 4) is 0 Å². The molecule has 1 N–H and O–H groups in total. The topological polar surface area (TPSA) is 75.5 Å². The number of benzene rings is 2. The van der Waals surface area contributed by atoms with E-state index < -0.39 is 4.92 Å². The van der Waals surface area contributed by atoms with Gasteiger partial charge in [0.05, 0.1) is 11.5 Å². The molecule has 1 amide bonds. The lowest BCUT2D eigenvalue weighted by atomic mass is 10.00. The lowest BCUT2D eigenvalue weighted by Gasteiger charge is -2.26. The largest absolute Gasteiger partial charge is 0.319 e. The van der Waals surface area contributed by atoms with E-state index in [-0.39, 0.29) is 23.8 Å². The van der Waals surface area contributed by atoms with Gasteiger partial charge in [0.2, 0.25) is 5.91 Å². The van der Waals surface area contributed by atoms with E-state index in [1.165, 1.54) is 17.2 Å². The van der Waals surface area contributed by atoms with Crippen LogP contribution in [-0.4, -0.2) is 35.4 Å². The van der Waals surface area contributed by atoms with Crippen LogP contribution >= 0.6 is 0 Å². The number of hydrogen-bond donors (Lipinski definition) is 1. The van der Waals surface area contributed by atoms with Crippen molar-refractivity contribution in [3.05, 3.63) is 75.8 Å². The highest BCUT2D eigenvalue weighted by molar-refractivity contribution is 5.95. The van der Waals surface area contributed by atoms with Gasteiger partial charge in [0, 0.05) is 19.2 Å². The minimum Gasteiger partial charge on any atom is -0.319 e. The Morgan fingerprint density at radius 1 is 1.19 bits per heavy atom. The summed E-state index contributed by atoms with van der Waals surface area (Å²) in [6, 6.07) is 15.0. The number of nitro benzene ring substituents is 1. The number of para-hydroxylation sites is 1. The molecule has 0 saturated heterocycles. The maximum Gasteiger partial charge on any atom is 0.293 e. The first-order valence-electron chi connectivity index (χ1n) is 8.55. The third-order valence-electron chi connectivity index (χ3n) is 4.52. The smallest absolute Gasteiger partial charge is 0.293 e. The molecule has 6 heteroatoms. The second kappa shape index (κ2) is 7.93. The normalized spacial score (nSPS) is 14.6. The van der Waals surface area contributed by atoms with E-state index in [0.717, 1.165) is 13.0 Å². The summed E-state index contributed by atoms with van der Waals surface area (Å²) >= 11 is 0. The molecular formula is C20H21N3O3. The van der Waals surface area contributed by atoms with Crippen LogP contribution < -0.4 is 5.32 Å². The minimum atomic E-state index is -0.474. The van der Waals surface area contributed by atoms with Crippen LogP contribution in [0.5, 0.6) is 0 Å². The van der Waals surface area contributed by atoms with Gasteiger partial charge in [-0.1, -0.05) is 48.5 Å². The Morgan fingerprint density at radius 3 is 2.62 bits per heavy atom. The zero-order valence-electron chi connectivity index (χ0n) is 14.6. The third kappa shape index (κ3) is 4.15. The van der Waals surface area contributed by atoms with Crippen LogP contribution in [0.3, 0.4) is 0 Å². The molecule has 0 saturated carbocycles. The van der Waals surface area contributed by atoms with Gasteiger partial charge >= 0.3 is 0 Å². The number of hydrogen-bond acceptors (Lipinski definition) is 4. The summed E-state index contributed by atoms with van der Waals surface area (Å²) in [6.07, 6.45) is 3.02. The maximum atomic E-state index is 12.4. The van der Waals surface area contributed by atoms with Crippen LogP contribution in [0.15, 0.2) is 54.6 Å². The molecule has 1 heterocycles. The van der Waals surface area contributed by atoms with Gasteiger partial charge in [-0.15, -0.1) is 0 Å². The summed E-state index contributed by atoms with van der Waals surface area (Å²) in [6.45, 7) is 3.43. The molecule has 0 spiro atoms. The molecule has 0 aliphatic carbocycles. The van der Waals surface area contributed by atoms with Crippen LogP contribution in [0.4, 0.5) is 11.4 Å². The SMILES string of the molecule is Cc1cccc([N+](=O)[O-])c1NC(=O)CN1CC=C(c2ccccc2)CC1. The van der Waals surface area contributed by atoms with Crippen molar-refractivity contribution >= 4 is 22.9 Å². The van der Waals surface area contributed by atoms with Crippen LogP contribution in [-0.2, 0) is 4.79 Å². The molecule has 2 aromatic rings. The molecule has 134 valence electrons. The van der Waals surface area contributed by atoms with E-state index >= 15 is 0 Å². The van der Waals surface area contributed by atoms with Gasteiger partial charge in [-0.25, -0.2) is 0 Å². The second-order valence-electron chi connectivity index (χ2n) is 6.35. The summed E-state index contributed by atoms with van der Waals surface area (Å²) in [5.41, 5.74) is 3.38. The quantitative estimate of drug-likeness (QED) is 0.659. The third-order valence-corrected chi connectivity index (χ3v) is 4.52. The lowest BCUT2D eigenvalue weighted by Crippen LogP contribution is -2.36. The molecule has 2 aromatic carbocycles. The fourth-order valence-electron chi connectivity index (χ4n) is 3.12. The number of nitro groups is 1. The molecule has 26 heavy (non-hydrogen) atoms. The summed E-state index contributed by atoms with van der Waals surface area (Å²) in [5, 5.41) is 13.9. The second-order valence-corrected chi connectivity index (χ2v) is 6.35. The summed E-state index contributed by atoms with van der Waals surface area (Å²) in [4.78, 5) is 25.1. The van der Waals surface area contributed by atoms with E-state index in [2.05, 4.69) is 23.5 Å². The summed E-state index contributed by atoms with van der Waals surface area (Å²) in [5.74, 6) is -0.237. The van der Waals surface area contributed by atoms with Gasteiger partial charge in [0.1, 0.15) is 5.69 Å². The van der Waals surface area contributed by atoms with Crippen molar-refractivity contribution in [3.63, 3.8) is 0 Å². The van der Waals surface area contributed by atoms with Crippen LogP contribution in [0.1, 0.15) is 17.5 Å². The average Bonchev–Trinajstić information content (AvgIpc) is 2.64. The predicted molar refractivity (Wildman–Crippen MR) is 102 cm³/mol. The monoisotopic (exact) mass is 351 g/mol. The number of nitrogens with one attached hydrogen (secondary N) is 1. The van der Waals surface area contributed by atoms with E-state index in [4.69, 9.17) is 0 Å². The van der Waals surface area contributed by atoms with Gasteiger partial charge in [-0.3, -0.25) is 19.8 Å². The van der Waals surface area contributed by atoms with Gasteiger partial charge in [-0.05, 0) is 30.0 Å². The van der Waals surface area contributed by atoms with Gasteiger partial charge < -0.3 is 5.32 Å². The highest BCUT2D eigenvalue weighted by Crippen LogP contribution is 2.27. The van der Waals surface area contributed by atoms with E-state index in [9.17, 15) is 14.9 Å². The number of aryl methyl sites for hydroxylation is 1. The number of carbonyl (C=O) groups excluding carboxylic acids is 1. The zero-order chi connectivity index (χ0) is 18.5. The Balaban J connectivity index is 1.62. The first kappa shape index (κ1) is 17.8. The van der Waals surface area contributed by atoms with Crippen molar-refractivity contribution in [2.75, 3.05) is 25.0 Å². The van der Waals surface area contributed by atoms with E-state index in [1.54, 1.807) is 19.1 Å². The molecule has 0 radical (unpaired) electrons. The number of nitrogens with zero attached hydrogens (tertiary/aromatic N) is 2. The first-order valence-corrected chi connectivity index (χ1v) is 8.55. The van der Waals surface area contributed by atoms with Crippen molar-refractivity contribution in [2.45, 2.75) is 13.3 Å². The van der Waals surface area contributed by atoms with Crippen molar-refractivity contribution in [1.82, 2.24) is 4.90 Å². The number of anilines is 1. The predicted octanol–water partition coefficient (Wildman–Crippen LogP) is 3.63. The van der Waals surface area contributed by atoms with Gasteiger partial charge in [-0.2, -0.15) is 0 Å². The first-order chi connectivity index (χ1) is 12.5. The lowest BCUT2D eigenvalue weighted by molar-refractivity contribution is -0.384. The fourth-order valence-corrected chi connectivity index (χ4v) is 3.12. The van der Waals surface area contributed by atoms with Crippen molar-refractivity contribution in [2.24, 2.45) is 0 Å². The molecule has 0 bridgehead atoms. The standard InChI is InChI=1S/C20H21N3O3/c1-15-6-5-9-18(23(25)26)20(15)21-19(24)14-22-12-10-17(11-13-22)16-7-3-2-4-8-16/h2-10H,11-14H2,1H3,(H,21,24). The van der Waals surface area contributed by atoms with Crippen LogP contribution in [0.25, 0.3) is 5.57 Å². The maximum absolute atomic E-state index is 12.4. The van der Waals surface area contributed by atoms with Crippen LogP contribution in [0, 0.1) is 17.0 Å². The average molecular weight is 351 g/mol. The Morgan fingerprint density at radius 2 is 1.96 bits per heavy atom. The van der Waals surface area contributed by atoms with E-state index in [1.807, 2.05) is 23.1 Å². The molecule has 1 aliphatic rings. The van der Waals surface area contributed by atoms with E-state index in [0.29, 0.717) is 12.1 Å². The van der Waals surface area contributed by atoms with Crippen LogP contribution in [0.2, 0.25) is 0 Å². The number of rotatable bonds is 5. The minimum absolute atomic E-state index is 0.0803. The molecule has 0 fully saturated rings. The molecular weight excluding hydrogens is 330 g/mol. The summed E-state index contributed by atoms with van der Waals surface area (Å²) < 4.78 is 0. The Hall–Kier alpha value is -2.99. The molecule has 3 rings (SSSR count). The molecule has 6 nitrogen and oxygen atoms in total. The Bertz CT molecular complexity index is 847. The molecule has 0 unspecified atom stereocenters.